The molecule has 10 heteroatoms. The number of nitrogens with one attached hydrogen (secondary N) is 1. The number of carbonyl (C=O) groups excluding carboxylic acids is 2. The van der Waals surface area contributed by atoms with Gasteiger partial charge < -0.3 is 20.1 Å². The first-order valence-corrected chi connectivity index (χ1v) is 25.3. The smallest absolute Gasteiger partial charge is 0.463 e. The molecule has 0 rings (SSSR count). The monoisotopic (exact) mass is 828 g/mol. The second-order valence-electron chi connectivity index (χ2n) is 16.1. The van der Waals surface area contributed by atoms with Gasteiger partial charge in [-0.3, -0.25) is 18.6 Å². The summed E-state index contributed by atoms with van der Waals surface area (Å²) in [6.45, 7) is 3.50. The molecule has 1 amide bonds. The van der Waals surface area contributed by atoms with Crippen LogP contribution in [0.15, 0.2) is 24.3 Å². The quantitative estimate of drug-likeness (QED) is 0.0239. The fraction of sp³-hybridized carbons (Fsp3) is 0.872. The van der Waals surface area contributed by atoms with Crippen LogP contribution in [0, 0.1) is 0 Å². The van der Waals surface area contributed by atoms with Gasteiger partial charge in [-0.25, -0.2) is 4.57 Å². The summed E-state index contributed by atoms with van der Waals surface area (Å²) in [4.78, 5) is 33.9. The number of hydrogen-bond donors (Lipinski definition) is 3. The highest BCUT2D eigenvalue weighted by Gasteiger charge is 2.23. The molecule has 0 aromatic heterocycles. The van der Waals surface area contributed by atoms with Crippen LogP contribution < -0.4 is 5.32 Å². The minimum Gasteiger partial charge on any atom is -0.463 e. The van der Waals surface area contributed by atoms with Crippen molar-refractivity contribution in [2.75, 3.05) is 26.4 Å². The van der Waals surface area contributed by atoms with Crippen molar-refractivity contribution in [2.45, 2.75) is 238 Å². The zero-order chi connectivity index (χ0) is 41.8. The van der Waals surface area contributed by atoms with Crippen molar-refractivity contribution < 1.29 is 37.9 Å². The molecule has 9 nitrogen and oxygen atoms in total. The highest BCUT2D eigenvalue weighted by atomic mass is 31.2. The molecule has 2 unspecified atom stereocenters. The number of aliphatic hydroxyl groups is 1. The number of ether oxygens (including phenoxy) is 1. The second-order valence-corrected chi connectivity index (χ2v) is 17.5. The van der Waals surface area contributed by atoms with E-state index < -0.39 is 26.5 Å². The van der Waals surface area contributed by atoms with Crippen LogP contribution in [0.3, 0.4) is 0 Å². The summed E-state index contributed by atoms with van der Waals surface area (Å²) in [5, 5.41) is 12.7. The number of amides is 1. The number of phosphoric ester groups is 1. The van der Waals surface area contributed by atoms with Gasteiger partial charge in [-0.05, 0) is 38.5 Å². The van der Waals surface area contributed by atoms with Crippen LogP contribution in [-0.4, -0.2) is 54.3 Å². The number of allylic oxidation sites excluding steroid dienone is 4. The molecule has 2 atom stereocenters. The molecule has 0 aromatic rings. The van der Waals surface area contributed by atoms with Crippen LogP contribution in [-0.2, 0) is 27.9 Å². The van der Waals surface area contributed by atoms with Crippen LogP contribution in [0.5, 0.6) is 0 Å². The Morgan fingerprint density at radius 1 is 0.544 bits per heavy atom. The van der Waals surface area contributed by atoms with Gasteiger partial charge in [0.25, 0.3) is 0 Å². The lowest BCUT2D eigenvalue weighted by Gasteiger charge is -2.15. The topological polar surface area (TPSA) is 131 Å². The van der Waals surface area contributed by atoms with Crippen LogP contribution in [0.4, 0.5) is 0 Å². The average molecular weight is 828 g/mol. The van der Waals surface area contributed by atoms with Gasteiger partial charge in [0, 0.05) is 19.4 Å². The summed E-state index contributed by atoms with van der Waals surface area (Å²) < 4.78 is 26.9. The Morgan fingerprint density at radius 2 is 0.982 bits per heavy atom. The lowest BCUT2D eigenvalue weighted by molar-refractivity contribution is -0.147. The average Bonchev–Trinajstić information content (AvgIpc) is 3.20. The van der Waals surface area contributed by atoms with E-state index in [2.05, 4.69) is 43.5 Å². The largest absolute Gasteiger partial charge is 0.472 e. The van der Waals surface area contributed by atoms with E-state index in [0.29, 0.717) is 6.42 Å². The Balaban J connectivity index is 3.53. The number of aliphatic hydroxyl groups excluding tert-OH is 1. The van der Waals surface area contributed by atoms with E-state index in [9.17, 15) is 24.2 Å². The van der Waals surface area contributed by atoms with E-state index in [1.807, 2.05) is 0 Å². The molecule has 0 spiro atoms. The maximum absolute atomic E-state index is 12.1. The predicted octanol–water partition coefficient (Wildman–Crippen LogP) is 13.6. The Kier molecular flexibility index (Phi) is 42.9. The Labute approximate surface area is 350 Å². The molecule has 3 N–H and O–H groups in total. The third-order valence-corrected chi connectivity index (χ3v) is 11.3. The summed E-state index contributed by atoms with van der Waals surface area (Å²) in [5.41, 5.74) is 0. The first-order valence-electron chi connectivity index (χ1n) is 23.8. The Morgan fingerprint density at radius 3 is 1.47 bits per heavy atom. The van der Waals surface area contributed by atoms with Gasteiger partial charge >= 0.3 is 13.8 Å². The molecule has 0 aromatic carbocycles. The highest BCUT2D eigenvalue weighted by molar-refractivity contribution is 7.47. The summed E-state index contributed by atoms with van der Waals surface area (Å²) >= 11 is 0. The van der Waals surface area contributed by atoms with Gasteiger partial charge in [0.1, 0.15) is 12.7 Å². The zero-order valence-electron chi connectivity index (χ0n) is 37.0. The SMILES string of the molecule is CCC/C=C\C/C=C\CCCCCCCC(=O)NCCOP(=O)(O)OCC(O)COC(=O)CCCCCCCCCCCCCCCCCCCCCCCCC. The Hall–Kier alpha value is -1.51. The van der Waals surface area contributed by atoms with E-state index in [0.717, 1.165) is 70.6 Å². The number of phosphoric acid groups is 1. The zero-order valence-corrected chi connectivity index (χ0v) is 37.9. The fourth-order valence-corrected chi connectivity index (χ4v) is 7.53. The van der Waals surface area contributed by atoms with Gasteiger partial charge in [-0.15, -0.1) is 0 Å². The first kappa shape index (κ1) is 55.5. The Bertz CT molecular complexity index is 990. The lowest BCUT2D eigenvalue weighted by atomic mass is 10.0. The molecular weight excluding hydrogens is 737 g/mol. The van der Waals surface area contributed by atoms with E-state index in [1.54, 1.807) is 0 Å². The normalized spacial score (nSPS) is 13.4. The van der Waals surface area contributed by atoms with Crippen LogP contribution >= 0.6 is 7.82 Å². The van der Waals surface area contributed by atoms with Crippen molar-refractivity contribution >= 4 is 19.7 Å². The van der Waals surface area contributed by atoms with Crippen molar-refractivity contribution in [1.82, 2.24) is 5.32 Å². The van der Waals surface area contributed by atoms with E-state index in [1.165, 1.54) is 135 Å². The summed E-state index contributed by atoms with van der Waals surface area (Å²) in [6.07, 6.45) is 48.4. The number of unbranched alkanes of at least 4 members (excludes halogenated alkanes) is 28. The molecule has 57 heavy (non-hydrogen) atoms. The molecule has 0 saturated heterocycles. The van der Waals surface area contributed by atoms with Gasteiger partial charge in [0.15, 0.2) is 0 Å². The van der Waals surface area contributed by atoms with E-state index in [-0.39, 0.29) is 32.1 Å². The van der Waals surface area contributed by atoms with Crippen molar-refractivity contribution in [3.8, 4) is 0 Å². The van der Waals surface area contributed by atoms with Gasteiger partial charge in [-0.1, -0.05) is 205 Å². The third kappa shape index (κ3) is 45.4. The van der Waals surface area contributed by atoms with Crippen molar-refractivity contribution in [3.63, 3.8) is 0 Å². The third-order valence-electron chi connectivity index (χ3n) is 10.4. The molecule has 0 aliphatic heterocycles. The minimum absolute atomic E-state index is 0.0759. The first-order chi connectivity index (χ1) is 27.8. The van der Waals surface area contributed by atoms with E-state index in [4.69, 9.17) is 13.8 Å². The molecule has 0 fully saturated rings. The molecule has 0 aliphatic rings. The molecule has 0 saturated carbocycles. The van der Waals surface area contributed by atoms with Gasteiger partial charge in [0.2, 0.25) is 5.91 Å². The number of carbonyl (C=O) groups is 2. The number of esters is 1. The molecule has 0 bridgehead atoms. The summed E-state index contributed by atoms with van der Waals surface area (Å²) in [6, 6.07) is 0. The van der Waals surface area contributed by atoms with E-state index >= 15 is 0 Å². The predicted molar refractivity (Wildman–Crippen MR) is 238 cm³/mol. The lowest BCUT2D eigenvalue weighted by Crippen LogP contribution is -2.27. The minimum atomic E-state index is -4.42. The van der Waals surface area contributed by atoms with Crippen molar-refractivity contribution in [1.29, 1.82) is 0 Å². The van der Waals surface area contributed by atoms with Crippen LogP contribution in [0.25, 0.3) is 0 Å². The molecule has 0 radical (unpaired) electrons. The van der Waals surface area contributed by atoms with Crippen molar-refractivity contribution in [2.24, 2.45) is 0 Å². The summed E-state index contributed by atoms with van der Waals surface area (Å²) in [7, 11) is -4.42. The maximum atomic E-state index is 12.1. The fourth-order valence-electron chi connectivity index (χ4n) is 6.77. The molecule has 0 aliphatic carbocycles. The van der Waals surface area contributed by atoms with Crippen molar-refractivity contribution in [3.05, 3.63) is 24.3 Å². The van der Waals surface area contributed by atoms with Gasteiger partial charge in [-0.2, -0.15) is 0 Å². The molecule has 336 valence electrons. The molecular formula is C47H90NO8P. The summed E-state index contributed by atoms with van der Waals surface area (Å²) in [5.74, 6) is -0.523. The molecule has 0 heterocycles. The second kappa shape index (κ2) is 44.1. The maximum Gasteiger partial charge on any atom is 0.472 e. The number of hydrogen-bond acceptors (Lipinski definition) is 7. The van der Waals surface area contributed by atoms with Gasteiger partial charge in [0.05, 0.1) is 13.2 Å². The standard InChI is InChI=1S/C47H90NO8P/c1-3-5-7-9-11-13-15-17-18-19-20-21-22-23-24-25-26-28-30-32-34-36-38-40-47(51)54-43-45(49)44-56-57(52,53)55-42-41-48-46(50)39-37-35-33-31-29-27-16-14-12-10-8-6-4-2/h8,10,14,16,45,49H,3-7,9,11-13,15,17-44H2,1-2H3,(H,48,50)(H,52,53)/b10-8-,16-14-. The van der Waals surface area contributed by atoms with Crippen LogP contribution in [0.1, 0.15) is 232 Å². The number of rotatable bonds is 45. The van der Waals surface area contributed by atoms with Crippen LogP contribution in [0.2, 0.25) is 0 Å². The highest BCUT2D eigenvalue weighted by Crippen LogP contribution is 2.42.